The average molecular weight is 351 g/mol. The lowest BCUT2D eigenvalue weighted by molar-refractivity contribution is -0.133. The lowest BCUT2D eigenvalue weighted by atomic mass is 10.2. The fourth-order valence-electron chi connectivity index (χ4n) is 2.23. The number of hydrogen-bond donors (Lipinski definition) is 0. The summed E-state index contributed by atoms with van der Waals surface area (Å²) in [5.41, 5.74) is 0.253. The van der Waals surface area contributed by atoms with Crippen LogP contribution < -0.4 is 4.74 Å². The number of carbonyl (C=O) groups excluding carboxylic acids is 2. The molecular weight excluding hydrogens is 330 g/mol. The second-order valence-corrected chi connectivity index (χ2v) is 5.36. The van der Waals surface area contributed by atoms with Gasteiger partial charge in [-0.2, -0.15) is 0 Å². The van der Waals surface area contributed by atoms with Gasteiger partial charge >= 0.3 is 5.97 Å². The van der Waals surface area contributed by atoms with Gasteiger partial charge in [0.05, 0.1) is 0 Å². The Morgan fingerprint density at radius 1 is 0.923 bits per heavy atom. The summed E-state index contributed by atoms with van der Waals surface area (Å²) >= 11 is 0. The third-order valence-corrected chi connectivity index (χ3v) is 3.46. The summed E-state index contributed by atoms with van der Waals surface area (Å²) in [7, 11) is 0. The van der Waals surface area contributed by atoms with Crippen molar-refractivity contribution in [2.45, 2.75) is 0 Å². The number of ether oxygens (including phenoxy) is 2. The Morgan fingerprint density at radius 2 is 1.54 bits per heavy atom. The SMILES string of the molecule is C=CCN(CC=C)C(=O)COC(=O)c1ccccc1Oc1ccccc1. The molecule has 2 aromatic rings. The van der Waals surface area contributed by atoms with E-state index in [9.17, 15) is 9.59 Å². The molecule has 0 spiro atoms. The van der Waals surface area contributed by atoms with E-state index in [1.54, 1.807) is 48.6 Å². The van der Waals surface area contributed by atoms with Crippen LogP contribution in [-0.4, -0.2) is 36.5 Å². The standard InChI is InChI=1S/C21H21NO4/c1-3-14-22(15-4-2)20(23)16-25-21(24)18-12-8-9-13-19(18)26-17-10-6-5-7-11-17/h3-13H,1-2,14-16H2. The number of rotatable bonds is 9. The number of benzene rings is 2. The molecule has 0 aliphatic rings. The molecule has 0 atom stereocenters. The van der Waals surface area contributed by atoms with Crippen molar-refractivity contribution < 1.29 is 19.1 Å². The fourth-order valence-corrected chi connectivity index (χ4v) is 2.23. The zero-order valence-electron chi connectivity index (χ0n) is 14.5. The van der Waals surface area contributed by atoms with Crippen LogP contribution in [0.2, 0.25) is 0 Å². The van der Waals surface area contributed by atoms with Gasteiger partial charge in [-0.25, -0.2) is 4.79 Å². The molecule has 0 saturated heterocycles. The Bertz CT molecular complexity index is 761. The highest BCUT2D eigenvalue weighted by molar-refractivity contribution is 5.94. The highest BCUT2D eigenvalue weighted by Crippen LogP contribution is 2.25. The molecule has 0 aliphatic carbocycles. The van der Waals surface area contributed by atoms with Crippen molar-refractivity contribution in [2.24, 2.45) is 0 Å². The second kappa shape index (κ2) is 9.84. The van der Waals surface area contributed by atoms with Crippen molar-refractivity contribution in [2.75, 3.05) is 19.7 Å². The molecule has 0 radical (unpaired) electrons. The largest absolute Gasteiger partial charge is 0.456 e. The predicted octanol–water partition coefficient (Wildman–Crippen LogP) is 3.84. The molecule has 26 heavy (non-hydrogen) atoms. The van der Waals surface area contributed by atoms with Crippen LogP contribution in [0.5, 0.6) is 11.5 Å². The summed E-state index contributed by atoms with van der Waals surface area (Å²) in [6.45, 7) is 7.57. The number of hydrogen-bond acceptors (Lipinski definition) is 4. The zero-order chi connectivity index (χ0) is 18.8. The molecule has 0 heterocycles. The van der Waals surface area contributed by atoms with E-state index in [-0.39, 0.29) is 18.1 Å². The quantitative estimate of drug-likeness (QED) is 0.509. The van der Waals surface area contributed by atoms with Crippen molar-refractivity contribution >= 4 is 11.9 Å². The van der Waals surface area contributed by atoms with Gasteiger partial charge in [0.1, 0.15) is 17.1 Å². The van der Waals surface area contributed by atoms with E-state index in [1.165, 1.54) is 4.90 Å². The van der Waals surface area contributed by atoms with E-state index in [0.717, 1.165) is 0 Å². The van der Waals surface area contributed by atoms with Gasteiger partial charge in [0, 0.05) is 13.1 Å². The summed E-state index contributed by atoms with van der Waals surface area (Å²) in [6.07, 6.45) is 3.21. The Hall–Kier alpha value is -3.34. The van der Waals surface area contributed by atoms with Crippen molar-refractivity contribution in [1.29, 1.82) is 0 Å². The molecule has 5 heteroatoms. The highest BCUT2D eigenvalue weighted by Gasteiger charge is 2.18. The third kappa shape index (κ3) is 5.34. The zero-order valence-corrected chi connectivity index (χ0v) is 14.5. The van der Waals surface area contributed by atoms with Gasteiger partial charge in [-0.3, -0.25) is 4.79 Å². The van der Waals surface area contributed by atoms with Crippen LogP contribution >= 0.6 is 0 Å². The maximum atomic E-state index is 12.4. The van der Waals surface area contributed by atoms with E-state index >= 15 is 0 Å². The monoisotopic (exact) mass is 351 g/mol. The molecule has 0 aromatic heterocycles. The van der Waals surface area contributed by atoms with Crippen LogP contribution in [-0.2, 0) is 9.53 Å². The number of para-hydroxylation sites is 2. The first-order valence-corrected chi connectivity index (χ1v) is 8.14. The fraction of sp³-hybridized carbons (Fsp3) is 0.143. The maximum Gasteiger partial charge on any atom is 0.342 e. The third-order valence-electron chi connectivity index (χ3n) is 3.46. The van der Waals surface area contributed by atoms with Crippen LogP contribution in [0.4, 0.5) is 0 Å². The Labute approximate surface area is 153 Å². The molecule has 0 aliphatic heterocycles. The minimum absolute atomic E-state index is 0.253. The number of carbonyl (C=O) groups is 2. The van der Waals surface area contributed by atoms with E-state index in [1.807, 2.05) is 18.2 Å². The normalized spacial score (nSPS) is 9.85. The summed E-state index contributed by atoms with van der Waals surface area (Å²) < 4.78 is 10.9. The summed E-state index contributed by atoms with van der Waals surface area (Å²) in [5, 5.41) is 0. The van der Waals surface area contributed by atoms with Gasteiger partial charge in [0.2, 0.25) is 0 Å². The average Bonchev–Trinajstić information content (AvgIpc) is 2.67. The van der Waals surface area contributed by atoms with Crippen LogP contribution in [0.25, 0.3) is 0 Å². The van der Waals surface area contributed by atoms with Crippen LogP contribution in [0, 0.1) is 0 Å². The lowest BCUT2D eigenvalue weighted by Gasteiger charge is -2.19. The van der Waals surface area contributed by atoms with Gasteiger partial charge in [-0.1, -0.05) is 42.5 Å². The molecule has 134 valence electrons. The van der Waals surface area contributed by atoms with Crippen molar-refractivity contribution in [1.82, 2.24) is 4.90 Å². The topological polar surface area (TPSA) is 55.8 Å². The molecular formula is C21H21NO4. The van der Waals surface area contributed by atoms with Crippen LogP contribution in [0.15, 0.2) is 79.9 Å². The van der Waals surface area contributed by atoms with Gasteiger partial charge in [-0.05, 0) is 24.3 Å². The molecule has 0 unspecified atom stereocenters. The van der Waals surface area contributed by atoms with E-state index in [0.29, 0.717) is 24.6 Å². The summed E-state index contributed by atoms with van der Waals surface area (Å²) in [6, 6.07) is 15.8. The maximum absolute atomic E-state index is 12.4. The Balaban J connectivity index is 2.04. The molecule has 5 nitrogen and oxygen atoms in total. The van der Waals surface area contributed by atoms with Gasteiger partial charge < -0.3 is 14.4 Å². The molecule has 2 aromatic carbocycles. The molecule has 2 rings (SSSR count). The minimum Gasteiger partial charge on any atom is -0.456 e. The highest BCUT2D eigenvalue weighted by atomic mass is 16.5. The smallest absolute Gasteiger partial charge is 0.342 e. The predicted molar refractivity (Wildman–Crippen MR) is 100 cm³/mol. The first-order chi connectivity index (χ1) is 12.7. The first-order valence-electron chi connectivity index (χ1n) is 8.14. The molecule has 0 fully saturated rings. The first kappa shape index (κ1) is 19.0. The number of amides is 1. The van der Waals surface area contributed by atoms with E-state index < -0.39 is 5.97 Å². The molecule has 0 saturated carbocycles. The second-order valence-electron chi connectivity index (χ2n) is 5.36. The van der Waals surface area contributed by atoms with E-state index in [2.05, 4.69) is 13.2 Å². The van der Waals surface area contributed by atoms with Crippen LogP contribution in [0.3, 0.4) is 0 Å². The summed E-state index contributed by atoms with van der Waals surface area (Å²) in [4.78, 5) is 26.0. The minimum atomic E-state index is -0.623. The van der Waals surface area contributed by atoms with Crippen molar-refractivity contribution in [3.8, 4) is 11.5 Å². The number of nitrogens with zero attached hydrogens (tertiary/aromatic N) is 1. The van der Waals surface area contributed by atoms with Crippen molar-refractivity contribution in [3.63, 3.8) is 0 Å². The number of esters is 1. The molecule has 0 N–H and O–H groups in total. The van der Waals surface area contributed by atoms with Crippen molar-refractivity contribution in [3.05, 3.63) is 85.5 Å². The Morgan fingerprint density at radius 3 is 2.19 bits per heavy atom. The van der Waals surface area contributed by atoms with Gasteiger partial charge in [0.25, 0.3) is 5.91 Å². The Kier molecular flexibility index (Phi) is 7.18. The van der Waals surface area contributed by atoms with Gasteiger partial charge in [0.15, 0.2) is 6.61 Å². The van der Waals surface area contributed by atoms with E-state index in [4.69, 9.17) is 9.47 Å². The molecule has 0 bridgehead atoms. The lowest BCUT2D eigenvalue weighted by Crippen LogP contribution is -2.35. The van der Waals surface area contributed by atoms with Crippen LogP contribution in [0.1, 0.15) is 10.4 Å². The molecule has 1 amide bonds. The summed E-state index contributed by atoms with van der Waals surface area (Å²) in [5.74, 6) is 0.0267. The van der Waals surface area contributed by atoms with Gasteiger partial charge in [-0.15, -0.1) is 13.2 Å².